The Bertz CT molecular complexity index is 689. The summed E-state index contributed by atoms with van der Waals surface area (Å²) in [5.74, 6) is -2.67. The summed E-state index contributed by atoms with van der Waals surface area (Å²) in [5.41, 5.74) is 1.04. The van der Waals surface area contributed by atoms with Gasteiger partial charge in [0.05, 0.1) is 18.1 Å². The lowest BCUT2D eigenvalue weighted by molar-refractivity contribution is -0.314. The first-order valence-electron chi connectivity index (χ1n) is 8.70. The van der Waals surface area contributed by atoms with Gasteiger partial charge in [0.1, 0.15) is 0 Å². The molecule has 3 heterocycles. The van der Waals surface area contributed by atoms with Crippen molar-refractivity contribution < 1.29 is 19.4 Å². The van der Waals surface area contributed by atoms with Crippen LogP contribution >= 0.6 is 11.6 Å². The summed E-state index contributed by atoms with van der Waals surface area (Å²) < 4.78 is 5.68. The second-order valence-electron chi connectivity index (χ2n) is 6.95. The summed E-state index contributed by atoms with van der Waals surface area (Å²) >= 11 is 6.04. The zero-order valence-corrected chi connectivity index (χ0v) is 14.5. The largest absolute Gasteiger partial charge is 0.550 e. The number of nitrogens with zero attached hydrogens (tertiary/aromatic N) is 2. The number of halogens is 1. The molecule has 4 rings (SSSR count). The Morgan fingerprint density at radius 1 is 1.08 bits per heavy atom. The molecule has 25 heavy (non-hydrogen) atoms. The summed E-state index contributed by atoms with van der Waals surface area (Å²) in [7, 11) is 0. The number of hydrogen-bond acceptors (Lipinski definition) is 5. The highest BCUT2D eigenvalue weighted by atomic mass is 35.5. The fraction of sp³-hybridized carbons (Fsp3) is 0.556. The molecular formula is C18H20ClN2O4-. The van der Waals surface area contributed by atoms with Gasteiger partial charge < -0.3 is 24.4 Å². The van der Waals surface area contributed by atoms with Gasteiger partial charge >= 0.3 is 0 Å². The van der Waals surface area contributed by atoms with Gasteiger partial charge in [0.2, 0.25) is 5.91 Å². The number of ether oxygens (including phenoxy) is 1. The Morgan fingerprint density at radius 2 is 1.76 bits per heavy atom. The Labute approximate surface area is 151 Å². The van der Waals surface area contributed by atoms with Crippen molar-refractivity contribution in [2.24, 2.45) is 11.8 Å². The molecule has 3 fully saturated rings. The molecule has 0 saturated carbocycles. The van der Waals surface area contributed by atoms with Crippen LogP contribution < -0.4 is 10.0 Å². The smallest absolute Gasteiger partial charge is 0.229 e. The van der Waals surface area contributed by atoms with E-state index in [0.717, 1.165) is 12.1 Å². The van der Waals surface area contributed by atoms with E-state index in [4.69, 9.17) is 16.3 Å². The monoisotopic (exact) mass is 363 g/mol. The van der Waals surface area contributed by atoms with Gasteiger partial charge in [-0.3, -0.25) is 4.79 Å². The van der Waals surface area contributed by atoms with Crippen molar-refractivity contribution in [3.63, 3.8) is 0 Å². The third kappa shape index (κ3) is 2.98. The van der Waals surface area contributed by atoms with Crippen molar-refractivity contribution in [1.29, 1.82) is 0 Å². The van der Waals surface area contributed by atoms with Crippen LogP contribution in [0.25, 0.3) is 0 Å². The van der Waals surface area contributed by atoms with Crippen molar-refractivity contribution in [2.75, 3.05) is 31.1 Å². The zero-order chi connectivity index (χ0) is 17.6. The van der Waals surface area contributed by atoms with Crippen molar-refractivity contribution in [2.45, 2.75) is 25.0 Å². The van der Waals surface area contributed by atoms with Crippen LogP contribution in [0.15, 0.2) is 24.3 Å². The van der Waals surface area contributed by atoms with E-state index in [0.29, 0.717) is 37.6 Å². The maximum Gasteiger partial charge on any atom is 0.229 e. The van der Waals surface area contributed by atoms with Crippen molar-refractivity contribution in [3.8, 4) is 0 Å². The van der Waals surface area contributed by atoms with E-state index in [1.54, 1.807) is 4.90 Å². The summed E-state index contributed by atoms with van der Waals surface area (Å²) in [5, 5.41) is 12.2. The molecule has 7 heteroatoms. The van der Waals surface area contributed by atoms with E-state index in [9.17, 15) is 14.7 Å². The number of anilines is 1. The number of carbonyl (C=O) groups is 2. The maximum absolute atomic E-state index is 12.9. The van der Waals surface area contributed by atoms with Crippen LogP contribution in [-0.2, 0) is 14.3 Å². The highest BCUT2D eigenvalue weighted by molar-refractivity contribution is 6.30. The van der Waals surface area contributed by atoms with E-state index < -0.39 is 17.8 Å². The van der Waals surface area contributed by atoms with Gasteiger partial charge in [-0.1, -0.05) is 17.7 Å². The van der Waals surface area contributed by atoms with Crippen LogP contribution in [0.5, 0.6) is 0 Å². The minimum atomic E-state index is -1.16. The quantitative estimate of drug-likeness (QED) is 0.783. The van der Waals surface area contributed by atoms with E-state index in [1.165, 1.54) is 0 Å². The maximum atomic E-state index is 12.9. The van der Waals surface area contributed by atoms with Crippen molar-refractivity contribution >= 4 is 29.2 Å². The van der Waals surface area contributed by atoms with Gasteiger partial charge in [-0.2, -0.15) is 0 Å². The Kier molecular flexibility index (Phi) is 4.33. The molecule has 2 bridgehead atoms. The minimum absolute atomic E-state index is 0.104. The number of hydrogen-bond donors (Lipinski definition) is 0. The average Bonchev–Trinajstić information content (AvgIpc) is 3.22. The van der Waals surface area contributed by atoms with Crippen LogP contribution in [0.3, 0.4) is 0 Å². The molecule has 0 spiro atoms. The average molecular weight is 364 g/mol. The number of amides is 1. The molecule has 4 atom stereocenters. The standard InChI is InChI=1S/C18H21ClN2O4/c19-11-2-1-3-12(10-11)20-6-8-21(9-7-20)17(22)15-13-4-5-14(25-13)16(15)18(23)24/h1-3,10,13-16H,4-9H2,(H,23,24)/p-1/t13-,14+,15+,16-/m0/s1. The lowest BCUT2D eigenvalue weighted by atomic mass is 9.78. The number of rotatable bonds is 3. The van der Waals surface area contributed by atoms with Gasteiger partial charge in [0.25, 0.3) is 0 Å². The molecule has 1 aromatic carbocycles. The summed E-state index contributed by atoms with van der Waals surface area (Å²) in [4.78, 5) is 28.3. The first-order valence-corrected chi connectivity index (χ1v) is 9.08. The fourth-order valence-electron chi connectivity index (χ4n) is 4.36. The van der Waals surface area contributed by atoms with E-state index in [2.05, 4.69) is 4.90 Å². The Balaban J connectivity index is 1.42. The van der Waals surface area contributed by atoms with E-state index in [1.807, 2.05) is 24.3 Å². The molecule has 1 aromatic rings. The molecule has 6 nitrogen and oxygen atoms in total. The first kappa shape index (κ1) is 16.7. The van der Waals surface area contributed by atoms with Gasteiger partial charge in [0.15, 0.2) is 0 Å². The highest BCUT2D eigenvalue weighted by Gasteiger charge is 2.53. The van der Waals surface area contributed by atoms with Crippen LogP contribution in [0, 0.1) is 11.8 Å². The van der Waals surface area contributed by atoms with Gasteiger partial charge in [-0.25, -0.2) is 0 Å². The fourth-order valence-corrected chi connectivity index (χ4v) is 4.54. The number of piperazine rings is 1. The predicted molar refractivity (Wildman–Crippen MR) is 90.1 cm³/mol. The van der Waals surface area contributed by atoms with Crippen LogP contribution in [-0.4, -0.2) is 55.2 Å². The second-order valence-corrected chi connectivity index (χ2v) is 7.39. The number of aliphatic carboxylic acids is 1. The van der Waals surface area contributed by atoms with Gasteiger partial charge in [-0.05, 0) is 31.0 Å². The molecule has 3 aliphatic heterocycles. The molecule has 0 aromatic heterocycles. The normalized spacial score (nSPS) is 31.4. The second kappa shape index (κ2) is 6.50. The summed E-state index contributed by atoms with van der Waals surface area (Å²) in [6.07, 6.45) is 0.825. The SMILES string of the molecule is O=C([O-])[C@@H]1[C@H](C(=O)N2CCN(c3cccc(Cl)c3)CC2)[C@@H]2CC[C@H]1O2. The third-order valence-electron chi connectivity index (χ3n) is 5.60. The molecule has 3 aliphatic rings. The van der Waals surface area contributed by atoms with Crippen molar-refractivity contribution in [3.05, 3.63) is 29.3 Å². The van der Waals surface area contributed by atoms with Crippen molar-refractivity contribution in [1.82, 2.24) is 4.90 Å². The molecule has 3 saturated heterocycles. The Morgan fingerprint density at radius 3 is 2.40 bits per heavy atom. The summed E-state index contributed by atoms with van der Waals surface area (Å²) in [6, 6.07) is 7.65. The van der Waals surface area contributed by atoms with Crippen LogP contribution in [0.2, 0.25) is 5.02 Å². The van der Waals surface area contributed by atoms with E-state index >= 15 is 0 Å². The van der Waals surface area contributed by atoms with Gasteiger partial charge in [-0.15, -0.1) is 0 Å². The lowest BCUT2D eigenvalue weighted by Crippen LogP contribution is -2.54. The molecule has 0 aliphatic carbocycles. The third-order valence-corrected chi connectivity index (χ3v) is 5.83. The molecular weight excluding hydrogens is 344 g/mol. The molecule has 0 unspecified atom stereocenters. The number of benzene rings is 1. The number of carboxylic acid groups (broad SMARTS) is 1. The molecule has 134 valence electrons. The summed E-state index contributed by atoms with van der Waals surface area (Å²) in [6.45, 7) is 2.53. The lowest BCUT2D eigenvalue weighted by Gasteiger charge is -2.39. The van der Waals surface area contributed by atoms with Gasteiger partial charge in [0, 0.05) is 48.8 Å². The minimum Gasteiger partial charge on any atom is -0.550 e. The first-order chi connectivity index (χ1) is 12.0. The number of fused-ring (bicyclic) bond motifs is 2. The van der Waals surface area contributed by atoms with E-state index in [-0.39, 0.29) is 18.1 Å². The molecule has 0 N–H and O–H groups in total. The van der Waals surface area contributed by atoms with Crippen LogP contribution in [0.4, 0.5) is 5.69 Å². The predicted octanol–water partition coefficient (Wildman–Crippen LogP) is 0.532. The highest BCUT2D eigenvalue weighted by Crippen LogP contribution is 2.44. The molecule has 1 amide bonds. The number of carbonyl (C=O) groups excluding carboxylic acids is 2. The molecule has 0 radical (unpaired) electrons. The Hall–Kier alpha value is -1.79. The van der Waals surface area contributed by atoms with Crippen LogP contribution in [0.1, 0.15) is 12.8 Å². The topological polar surface area (TPSA) is 72.9 Å². The zero-order valence-electron chi connectivity index (χ0n) is 13.8. The number of carboxylic acids is 1.